The molecule has 10 rings (SSSR count). The monoisotopic (exact) mass is 714 g/mol. The molecule has 0 aliphatic carbocycles. The van der Waals surface area contributed by atoms with Gasteiger partial charge in [-0.25, -0.2) is 0 Å². The van der Waals surface area contributed by atoms with Crippen LogP contribution in [0.2, 0.25) is 0 Å². The van der Waals surface area contributed by atoms with Crippen molar-refractivity contribution in [1.29, 1.82) is 0 Å². The maximum absolute atomic E-state index is 5.45. The first-order chi connectivity index (χ1) is 27.7. The van der Waals surface area contributed by atoms with Crippen LogP contribution in [0.5, 0.6) is 0 Å². The summed E-state index contributed by atoms with van der Waals surface area (Å²) in [4.78, 5) is 9.78. The Hall–Kier alpha value is -7.16. The van der Waals surface area contributed by atoms with Crippen molar-refractivity contribution in [2.45, 2.75) is 12.8 Å². The van der Waals surface area contributed by atoms with Crippen LogP contribution >= 0.6 is 0 Å². The Kier molecular flexibility index (Phi) is 8.70. The van der Waals surface area contributed by atoms with E-state index in [1.807, 2.05) is 18.5 Å². The number of fused-ring (bicyclic) bond motifs is 6. The van der Waals surface area contributed by atoms with Gasteiger partial charge >= 0.3 is 0 Å². The molecule has 0 atom stereocenters. The number of rotatable bonds is 6. The van der Waals surface area contributed by atoms with Gasteiger partial charge in [0.2, 0.25) is 0 Å². The molecule has 56 heavy (non-hydrogen) atoms. The molecule has 0 spiro atoms. The highest BCUT2D eigenvalue weighted by Gasteiger charge is 2.14. The van der Waals surface area contributed by atoms with Crippen molar-refractivity contribution >= 4 is 49.3 Å². The third kappa shape index (κ3) is 6.42. The molecule has 0 saturated carbocycles. The van der Waals surface area contributed by atoms with E-state index in [2.05, 4.69) is 193 Å². The van der Waals surface area contributed by atoms with Gasteiger partial charge in [-0.3, -0.25) is 9.98 Å². The van der Waals surface area contributed by atoms with Gasteiger partial charge < -0.3 is 0 Å². The zero-order valence-corrected chi connectivity index (χ0v) is 30.9. The number of benzene rings is 8. The second-order valence-corrected chi connectivity index (χ2v) is 14.5. The Morgan fingerprint density at radius 1 is 0.357 bits per heavy atom. The van der Waals surface area contributed by atoms with Gasteiger partial charge in [-0.1, -0.05) is 176 Å². The Balaban J connectivity index is 1.01. The summed E-state index contributed by atoms with van der Waals surface area (Å²) < 4.78 is 0. The molecule has 8 aromatic carbocycles. The lowest BCUT2D eigenvalue weighted by Gasteiger charge is -2.15. The first kappa shape index (κ1) is 33.4. The minimum atomic E-state index is 0.838. The molecule has 1 aromatic heterocycles. The van der Waals surface area contributed by atoms with Gasteiger partial charge in [-0.2, -0.15) is 0 Å². The summed E-state index contributed by atoms with van der Waals surface area (Å²) in [6.45, 7) is 0. The third-order valence-corrected chi connectivity index (χ3v) is 11.1. The molecular weight excluding hydrogens is 677 g/mol. The van der Waals surface area contributed by atoms with Crippen LogP contribution in [0.3, 0.4) is 0 Å². The second kappa shape index (κ2) is 14.6. The topological polar surface area (TPSA) is 25.2 Å². The van der Waals surface area contributed by atoms with Crippen LogP contribution in [-0.2, 0) is 0 Å². The van der Waals surface area contributed by atoms with Gasteiger partial charge in [0.1, 0.15) is 0 Å². The van der Waals surface area contributed by atoms with Crippen LogP contribution < -0.4 is 0 Å². The fourth-order valence-electron chi connectivity index (χ4n) is 8.16. The molecule has 0 amide bonds. The standard InChI is InChI=1S/C54H38N2/c1-2-10-37(11-3-1)38-19-21-39(22-20-38)44-12-8-18-53(56-54(35-44)43-29-25-41(26-30-43)46-13-9-33-55-36-46)42-27-23-40(24-28-42)45-31-32-51-49-16-5-4-14-47(49)48-15-6-7-17-50(48)52(51)34-45/h1-7,9-17,19-36H,8,18H2. The van der Waals surface area contributed by atoms with E-state index in [1.54, 1.807) is 0 Å². The number of hydrogen-bond donors (Lipinski definition) is 0. The Morgan fingerprint density at radius 3 is 1.48 bits per heavy atom. The first-order valence-corrected chi connectivity index (χ1v) is 19.4. The number of allylic oxidation sites excluding steroid dienone is 3. The number of nitrogens with zero attached hydrogens (tertiary/aromatic N) is 2. The molecule has 264 valence electrons. The Bertz CT molecular complexity index is 2920. The van der Waals surface area contributed by atoms with Crippen molar-refractivity contribution in [2.75, 3.05) is 0 Å². The van der Waals surface area contributed by atoms with Crippen molar-refractivity contribution in [2.24, 2.45) is 4.99 Å². The highest BCUT2D eigenvalue weighted by atomic mass is 14.8. The average molecular weight is 715 g/mol. The van der Waals surface area contributed by atoms with Crippen LogP contribution in [0.25, 0.3) is 77.0 Å². The quantitative estimate of drug-likeness (QED) is 0.157. The summed E-state index contributed by atoms with van der Waals surface area (Å²) in [7, 11) is 0. The van der Waals surface area contributed by atoms with Crippen LogP contribution in [0.15, 0.2) is 212 Å². The highest BCUT2D eigenvalue weighted by molar-refractivity contribution is 6.25. The molecule has 0 fully saturated rings. The summed E-state index contributed by atoms with van der Waals surface area (Å²) in [6.07, 6.45) is 10.1. The molecule has 0 bridgehead atoms. The van der Waals surface area contributed by atoms with E-state index in [9.17, 15) is 0 Å². The molecule has 2 nitrogen and oxygen atoms in total. The lowest BCUT2D eigenvalue weighted by atomic mass is 9.91. The number of aromatic nitrogens is 1. The first-order valence-electron chi connectivity index (χ1n) is 19.4. The molecule has 9 aromatic rings. The summed E-state index contributed by atoms with van der Waals surface area (Å²) >= 11 is 0. The third-order valence-electron chi connectivity index (χ3n) is 11.1. The molecule has 0 radical (unpaired) electrons. The summed E-state index contributed by atoms with van der Waals surface area (Å²) in [5.74, 6) is 0. The number of hydrogen-bond acceptors (Lipinski definition) is 2. The van der Waals surface area contributed by atoms with Gasteiger partial charge in [0, 0.05) is 23.7 Å². The van der Waals surface area contributed by atoms with E-state index in [-0.39, 0.29) is 0 Å². The predicted molar refractivity (Wildman–Crippen MR) is 238 cm³/mol. The Morgan fingerprint density at radius 2 is 0.839 bits per heavy atom. The van der Waals surface area contributed by atoms with Gasteiger partial charge in [0.15, 0.2) is 0 Å². The maximum Gasteiger partial charge on any atom is 0.0711 e. The second-order valence-electron chi connectivity index (χ2n) is 14.5. The fourth-order valence-corrected chi connectivity index (χ4v) is 8.16. The van der Waals surface area contributed by atoms with E-state index in [0.717, 1.165) is 46.5 Å². The molecule has 2 heteroatoms. The molecule has 1 aliphatic rings. The van der Waals surface area contributed by atoms with Gasteiger partial charge in [0.05, 0.1) is 5.70 Å². The average Bonchev–Trinajstić information content (AvgIpc) is 3.27. The van der Waals surface area contributed by atoms with Crippen LogP contribution in [-0.4, -0.2) is 10.7 Å². The van der Waals surface area contributed by atoms with Crippen molar-refractivity contribution in [3.63, 3.8) is 0 Å². The van der Waals surface area contributed by atoms with Gasteiger partial charge in [-0.15, -0.1) is 0 Å². The van der Waals surface area contributed by atoms with Crippen LogP contribution in [0.4, 0.5) is 0 Å². The summed E-state index contributed by atoms with van der Waals surface area (Å²) in [6, 6.07) is 65.7. The SMILES string of the molecule is C1=C(c2ccc(-c3ccccc3)cc2)C=C(c2ccc(-c3cccnc3)cc2)N=C(c2ccc(-c3ccc4c5ccccc5c5ccccc5c4c3)cc2)CC1. The van der Waals surface area contributed by atoms with E-state index in [1.165, 1.54) is 65.7 Å². The normalized spacial score (nSPS) is 13.2. The molecule has 0 saturated heterocycles. The van der Waals surface area contributed by atoms with Gasteiger partial charge in [0.25, 0.3) is 0 Å². The zero-order chi connectivity index (χ0) is 37.3. The van der Waals surface area contributed by atoms with E-state index in [0.29, 0.717) is 0 Å². The number of pyridine rings is 1. The minimum absolute atomic E-state index is 0.838. The van der Waals surface area contributed by atoms with E-state index in [4.69, 9.17) is 4.99 Å². The van der Waals surface area contributed by atoms with E-state index < -0.39 is 0 Å². The summed E-state index contributed by atoms with van der Waals surface area (Å²) in [5.41, 5.74) is 13.7. The zero-order valence-electron chi connectivity index (χ0n) is 30.9. The lowest BCUT2D eigenvalue weighted by Crippen LogP contribution is -2.03. The van der Waals surface area contributed by atoms with E-state index >= 15 is 0 Å². The lowest BCUT2D eigenvalue weighted by molar-refractivity contribution is 1.09. The molecule has 1 aliphatic heterocycles. The molecule has 2 heterocycles. The van der Waals surface area contributed by atoms with Gasteiger partial charge in [-0.05, 0) is 113 Å². The minimum Gasteiger partial charge on any atom is -0.264 e. The van der Waals surface area contributed by atoms with Crippen molar-refractivity contribution < 1.29 is 0 Å². The summed E-state index contributed by atoms with van der Waals surface area (Å²) in [5, 5.41) is 7.75. The smallest absolute Gasteiger partial charge is 0.0711 e. The molecular formula is C54H38N2. The molecule has 0 N–H and O–H groups in total. The largest absolute Gasteiger partial charge is 0.264 e. The van der Waals surface area contributed by atoms with Crippen LogP contribution in [0.1, 0.15) is 29.5 Å². The predicted octanol–water partition coefficient (Wildman–Crippen LogP) is 14.2. The van der Waals surface area contributed by atoms with Crippen LogP contribution in [0, 0.1) is 0 Å². The number of aliphatic imine (C=N–C) groups is 1. The maximum atomic E-state index is 5.45. The fraction of sp³-hybridized carbons (Fsp3) is 0.0370. The van der Waals surface area contributed by atoms with Crippen molar-refractivity contribution in [3.05, 3.63) is 223 Å². The highest BCUT2D eigenvalue weighted by Crippen LogP contribution is 2.37. The Labute approximate surface area is 327 Å². The van der Waals surface area contributed by atoms with Crippen molar-refractivity contribution in [3.8, 4) is 33.4 Å². The van der Waals surface area contributed by atoms with Crippen molar-refractivity contribution in [1.82, 2.24) is 4.98 Å². The molecule has 0 unspecified atom stereocenters.